The molecule has 0 fully saturated rings. The highest BCUT2D eigenvalue weighted by Gasteiger charge is 2.21. The average Bonchev–Trinajstić information content (AvgIpc) is 3.08. The fourth-order valence-corrected chi connectivity index (χ4v) is 2.86. The molecule has 1 atom stereocenters. The summed E-state index contributed by atoms with van der Waals surface area (Å²) in [5.74, 6) is 1.00. The summed E-state index contributed by atoms with van der Waals surface area (Å²) in [6.45, 7) is 3.15. The minimum atomic E-state index is -0.719. The molecule has 1 unspecified atom stereocenters. The van der Waals surface area contributed by atoms with Crippen molar-refractivity contribution in [1.82, 2.24) is 9.55 Å². The Morgan fingerprint density at radius 1 is 1.53 bits per heavy atom. The van der Waals surface area contributed by atoms with Crippen molar-refractivity contribution in [3.63, 3.8) is 0 Å². The number of hydrogen-bond donors (Lipinski definition) is 2. The summed E-state index contributed by atoms with van der Waals surface area (Å²) in [5, 5.41) is 12.2. The molecule has 0 aliphatic rings. The van der Waals surface area contributed by atoms with Gasteiger partial charge in [0, 0.05) is 25.5 Å². The highest BCUT2D eigenvalue weighted by Crippen LogP contribution is 2.24. The van der Waals surface area contributed by atoms with Crippen LogP contribution in [-0.2, 0) is 6.54 Å². The van der Waals surface area contributed by atoms with Crippen LogP contribution in [0.25, 0.3) is 10.7 Å². The summed E-state index contributed by atoms with van der Waals surface area (Å²) >= 11 is 1.69. The maximum Gasteiger partial charge on any atom is 0.149 e. The summed E-state index contributed by atoms with van der Waals surface area (Å²) in [4.78, 5) is 5.58. The van der Waals surface area contributed by atoms with Crippen LogP contribution in [0.3, 0.4) is 0 Å². The summed E-state index contributed by atoms with van der Waals surface area (Å²) in [7, 11) is 0. The van der Waals surface area contributed by atoms with Gasteiger partial charge in [0.25, 0.3) is 0 Å². The van der Waals surface area contributed by atoms with E-state index in [-0.39, 0.29) is 0 Å². The number of aliphatic hydroxyl groups is 1. The lowest BCUT2D eigenvalue weighted by molar-refractivity contribution is 0.0334. The number of nitrogens with zero attached hydrogens (tertiary/aromatic N) is 2. The van der Waals surface area contributed by atoms with Crippen LogP contribution in [0.5, 0.6) is 0 Å². The Bertz CT molecular complexity index is 489. The molecule has 19 heavy (non-hydrogen) atoms. The van der Waals surface area contributed by atoms with Crippen LogP contribution in [0.15, 0.2) is 29.9 Å². The van der Waals surface area contributed by atoms with E-state index in [2.05, 4.69) is 21.0 Å². The first kappa shape index (κ1) is 14.2. The molecule has 0 amide bonds. The first-order chi connectivity index (χ1) is 9.18. The summed E-state index contributed by atoms with van der Waals surface area (Å²) < 4.78 is 2.14. The van der Waals surface area contributed by atoms with Gasteiger partial charge >= 0.3 is 0 Å². The first-order valence-corrected chi connectivity index (χ1v) is 7.54. The van der Waals surface area contributed by atoms with Gasteiger partial charge in [-0.3, -0.25) is 0 Å². The van der Waals surface area contributed by atoms with Crippen molar-refractivity contribution >= 4 is 11.3 Å². The van der Waals surface area contributed by atoms with Gasteiger partial charge in [0.2, 0.25) is 0 Å². The van der Waals surface area contributed by atoms with E-state index in [1.165, 1.54) is 4.88 Å². The second-order valence-corrected chi connectivity index (χ2v) is 5.75. The molecule has 0 spiro atoms. The monoisotopic (exact) mass is 279 g/mol. The van der Waals surface area contributed by atoms with Crippen molar-refractivity contribution in [1.29, 1.82) is 0 Å². The van der Waals surface area contributed by atoms with Crippen LogP contribution in [-0.4, -0.2) is 26.8 Å². The number of aromatic nitrogens is 2. The molecule has 0 aromatic carbocycles. The molecule has 2 aromatic heterocycles. The zero-order valence-corrected chi connectivity index (χ0v) is 12.1. The summed E-state index contributed by atoms with van der Waals surface area (Å²) in [5.41, 5.74) is 4.90. The predicted molar refractivity (Wildman–Crippen MR) is 79.1 cm³/mol. The van der Waals surface area contributed by atoms with Crippen LogP contribution in [0.2, 0.25) is 0 Å². The van der Waals surface area contributed by atoms with Gasteiger partial charge in [-0.05, 0) is 30.7 Å². The Kier molecular flexibility index (Phi) is 4.74. The zero-order valence-electron chi connectivity index (χ0n) is 11.2. The summed E-state index contributed by atoms with van der Waals surface area (Å²) in [6.07, 6.45) is 6.13. The van der Waals surface area contributed by atoms with Crippen LogP contribution in [0, 0.1) is 0 Å². The minimum Gasteiger partial charge on any atom is -0.389 e. The standard InChI is InChI=1S/C14H21N3OS/c1-2-14(18,11-15)6-4-8-17-9-7-16-13(17)12-5-3-10-19-12/h3,5,7,9-10,18H,2,4,6,8,11,15H2,1H3. The lowest BCUT2D eigenvalue weighted by Gasteiger charge is -2.24. The Morgan fingerprint density at radius 3 is 3.00 bits per heavy atom. The third-order valence-electron chi connectivity index (χ3n) is 3.54. The predicted octanol–water partition coefficient (Wildman–Crippen LogP) is 2.49. The van der Waals surface area contributed by atoms with Crippen molar-refractivity contribution in [2.45, 2.75) is 38.3 Å². The Hall–Kier alpha value is -1.17. The Labute approximate surface area is 117 Å². The molecule has 0 saturated carbocycles. The molecule has 5 heteroatoms. The maximum atomic E-state index is 10.2. The quantitative estimate of drug-likeness (QED) is 0.818. The lowest BCUT2D eigenvalue weighted by atomic mass is 9.95. The van der Waals surface area contributed by atoms with Gasteiger partial charge in [0.15, 0.2) is 0 Å². The van der Waals surface area contributed by atoms with E-state index in [1.54, 1.807) is 11.3 Å². The van der Waals surface area contributed by atoms with Gasteiger partial charge in [-0.1, -0.05) is 13.0 Å². The van der Waals surface area contributed by atoms with Gasteiger partial charge in [0.1, 0.15) is 5.82 Å². The first-order valence-electron chi connectivity index (χ1n) is 6.66. The molecule has 4 nitrogen and oxygen atoms in total. The summed E-state index contributed by atoms with van der Waals surface area (Å²) in [6, 6.07) is 4.11. The maximum absolute atomic E-state index is 10.2. The molecule has 3 N–H and O–H groups in total. The van der Waals surface area contributed by atoms with E-state index >= 15 is 0 Å². The molecular weight excluding hydrogens is 258 g/mol. The van der Waals surface area contributed by atoms with E-state index in [0.717, 1.165) is 25.2 Å². The van der Waals surface area contributed by atoms with Crippen molar-refractivity contribution < 1.29 is 5.11 Å². The van der Waals surface area contributed by atoms with Crippen molar-refractivity contribution in [2.24, 2.45) is 5.73 Å². The van der Waals surface area contributed by atoms with Crippen LogP contribution < -0.4 is 5.73 Å². The van der Waals surface area contributed by atoms with E-state index in [9.17, 15) is 5.11 Å². The lowest BCUT2D eigenvalue weighted by Crippen LogP contribution is -2.37. The van der Waals surface area contributed by atoms with Crippen LogP contribution in [0.1, 0.15) is 26.2 Å². The minimum absolute atomic E-state index is 0.325. The van der Waals surface area contributed by atoms with Gasteiger partial charge in [-0.15, -0.1) is 11.3 Å². The fourth-order valence-electron chi connectivity index (χ4n) is 2.12. The number of thiophene rings is 1. The Morgan fingerprint density at radius 2 is 2.37 bits per heavy atom. The molecule has 0 bridgehead atoms. The smallest absolute Gasteiger partial charge is 0.149 e. The fraction of sp³-hybridized carbons (Fsp3) is 0.500. The van der Waals surface area contributed by atoms with E-state index in [1.807, 2.05) is 25.4 Å². The number of imidazole rings is 1. The third kappa shape index (κ3) is 3.43. The third-order valence-corrected chi connectivity index (χ3v) is 4.40. The Balaban J connectivity index is 1.96. The van der Waals surface area contributed by atoms with Gasteiger partial charge in [-0.25, -0.2) is 4.98 Å². The molecule has 2 rings (SSSR count). The van der Waals surface area contributed by atoms with Crippen LogP contribution in [0.4, 0.5) is 0 Å². The highest BCUT2D eigenvalue weighted by atomic mass is 32.1. The van der Waals surface area contributed by atoms with Gasteiger partial charge in [0.05, 0.1) is 10.5 Å². The molecular formula is C14H21N3OS. The SMILES string of the molecule is CCC(O)(CN)CCCn1ccnc1-c1cccs1. The van der Waals surface area contributed by atoms with Crippen molar-refractivity contribution in [2.75, 3.05) is 6.54 Å². The molecule has 0 saturated heterocycles. The number of aryl methyl sites for hydroxylation is 1. The zero-order chi connectivity index (χ0) is 13.7. The van der Waals surface area contributed by atoms with E-state index in [0.29, 0.717) is 13.0 Å². The van der Waals surface area contributed by atoms with Crippen molar-refractivity contribution in [3.8, 4) is 10.7 Å². The average molecular weight is 279 g/mol. The van der Waals surface area contributed by atoms with Gasteiger partial charge in [-0.2, -0.15) is 0 Å². The molecule has 2 aromatic rings. The largest absolute Gasteiger partial charge is 0.389 e. The topological polar surface area (TPSA) is 64.1 Å². The van der Waals surface area contributed by atoms with E-state index < -0.39 is 5.60 Å². The number of hydrogen-bond acceptors (Lipinski definition) is 4. The number of rotatable bonds is 7. The van der Waals surface area contributed by atoms with Crippen molar-refractivity contribution in [3.05, 3.63) is 29.9 Å². The molecule has 104 valence electrons. The second-order valence-electron chi connectivity index (χ2n) is 4.81. The second kappa shape index (κ2) is 6.32. The van der Waals surface area contributed by atoms with E-state index in [4.69, 9.17) is 5.73 Å². The van der Waals surface area contributed by atoms with Crippen LogP contribution >= 0.6 is 11.3 Å². The molecule has 0 aliphatic carbocycles. The molecule has 0 radical (unpaired) electrons. The normalized spacial score (nSPS) is 14.5. The number of nitrogens with two attached hydrogens (primary N) is 1. The highest BCUT2D eigenvalue weighted by molar-refractivity contribution is 7.13. The van der Waals surface area contributed by atoms with Gasteiger partial charge < -0.3 is 15.4 Å². The molecule has 2 heterocycles. The molecule has 0 aliphatic heterocycles.